The highest BCUT2D eigenvalue weighted by Gasteiger charge is 2.36. The van der Waals surface area contributed by atoms with Gasteiger partial charge < -0.3 is 15.1 Å². The van der Waals surface area contributed by atoms with Crippen LogP contribution in [0.15, 0.2) is 27.4 Å². The Bertz CT molecular complexity index is 793. The number of aromatic nitrogens is 2. The van der Waals surface area contributed by atoms with Crippen molar-refractivity contribution in [3.63, 3.8) is 0 Å². The molecule has 0 saturated carbocycles. The zero-order chi connectivity index (χ0) is 18.1. The number of halogens is 4. The fourth-order valence-corrected chi connectivity index (χ4v) is 2.76. The highest BCUT2D eigenvalue weighted by Crippen LogP contribution is 2.37. The fraction of sp³-hybridized carbons (Fsp3) is 0.467. The number of aromatic amines is 1. The second kappa shape index (κ2) is 6.51. The van der Waals surface area contributed by atoms with Crippen LogP contribution in [0.25, 0.3) is 11.5 Å². The van der Waals surface area contributed by atoms with Crippen molar-refractivity contribution in [2.45, 2.75) is 24.7 Å². The van der Waals surface area contributed by atoms with Crippen LogP contribution in [-0.2, 0) is 6.18 Å². The fourth-order valence-electron chi connectivity index (χ4n) is 2.76. The van der Waals surface area contributed by atoms with Gasteiger partial charge in [-0.1, -0.05) is 0 Å². The van der Waals surface area contributed by atoms with Crippen LogP contribution in [0, 0.1) is 0 Å². The SMILES string of the molecule is O=c1[nH]nc(-c2ccc(C(F)(F)F)c(NCC3(F)CCCNC3)c2)o1. The lowest BCUT2D eigenvalue weighted by Crippen LogP contribution is -2.46. The summed E-state index contributed by atoms with van der Waals surface area (Å²) >= 11 is 0. The first kappa shape index (κ1) is 17.5. The lowest BCUT2D eigenvalue weighted by atomic mass is 9.96. The van der Waals surface area contributed by atoms with Crippen LogP contribution >= 0.6 is 0 Å². The van der Waals surface area contributed by atoms with Crippen LogP contribution in [0.5, 0.6) is 0 Å². The highest BCUT2D eigenvalue weighted by atomic mass is 19.4. The summed E-state index contributed by atoms with van der Waals surface area (Å²) in [6, 6.07) is 3.12. The summed E-state index contributed by atoms with van der Waals surface area (Å²) < 4.78 is 59.0. The summed E-state index contributed by atoms with van der Waals surface area (Å²) in [5.74, 6) is -0.962. The number of rotatable bonds is 4. The minimum Gasteiger partial charge on any atom is -0.388 e. The Morgan fingerprint density at radius 3 is 2.76 bits per heavy atom. The highest BCUT2D eigenvalue weighted by molar-refractivity contribution is 5.65. The molecule has 2 aromatic rings. The minimum atomic E-state index is -4.61. The van der Waals surface area contributed by atoms with Crippen molar-refractivity contribution in [3.8, 4) is 11.5 Å². The van der Waals surface area contributed by atoms with Crippen molar-refractivity contribution < 1.29 is 22.0 Å². The topological polar surface area (TPSA) is 83.0 Å². The first-order valence-corrected chi connectivity index (χ1v) is 7.67. The molecule has 1 aliphatic heterocycles. The molecule has 1 atom stereocenters. The van der Waals surface area contributed by atoms with Crippen molar-refractivity contribution in [2.75, 3.05) is 25.0 Å². The molecule has 25 heavy (non-hydrogen) atoms. The van der Waals surface area contributed by atoms with E-state index in [0.717, 1.165) is 18.2 Å². The van der Waals surface area contributed by atoms with E-state index in [1.54, 1.807) is 0 Å². The van der Waals surface area contributed by atoms with E-state index in [1.807, 2.05) is 5.10 Å². The summed E-state index contributed by atoms with van der Waals surface area (Å²) in [6.07, 6.45) is -3.73. The molecule has 1 saturated heterocycles. The van der Waals surface area contributed by atoms with Gasteiger partial charge in [0.25, 0.3) is 0 Å². The Morgan fingerprint density at radius 2 is 2.16 bits per heavy atom. The van der Waals surface area contributed by atoms with Crippen LogP contribution < -0.4 is 16.4 Å². The van der Waals surface area contributed by atoms with Crippen LogP contribution in [0.4, 0.5) is 23.2 Å². The van der Waals surface area contributed by atoms with Gasteiger partial charge in [-0.25, -0.2) is 14.3 Å². The Morgan fingerprint density at radius 1 is 1.36 bits per heavy atom. The van der Waals surface area contributed by atoms with Gasteiger partial charge >= 0.3 is 11.9 Å². The number of piperidine rings is 1. The van der Waals surface area contributed by atoms with Gasteiger partial charge in [0, 0.05) is 17.8 Å². The molecule has 0 aliphatic carbocycles. The minimum absolute atomic E-state index is 0.0787. The van der Waals surface area contributed by atoms with Gasteiger partial charge in [-0.05, 0) is 37.6 Å². The molecular formula is C15H16F4N4O2. The van der Waals surface area contributed by atoms with Gasteiger partial charge in [0.15, 0.2) is 0 Å². The molecule has 10 heteroatoms. The molecule has 3 N–H and O–H groups in total. The van der Waals surface area contributed by atoms with Gasteiger partial charge in [-0.3, -0.25) is 0 Å². The standard InChI is InChI=1S/C15H16F4N4O2/c16-14(4-1-5-20-7-14)8-21-11-6-9(12-22-23-13(24)25-12)2-3-10(11)15(17,18)19/h2-3,6,20-21H,1,4-5,7-8H2,(H,23,24). The monoisotopic (exact) mass is 360 g/mol. The van der Waals surface area contributed by atoms with Gasteiger partial charge in [0.2, 0.25) is 5.89 Å². The third kappa shape index (κ3) is 4.01. The van der Waals surface area contributed by atoms with E-state index in [9.17, 15) is 22.4 Å². The van der Waals surface area contributed by atoms with Crippen LogP contribution in [0.2, 0.25) is 0 Å². The van der Waals surface area contributed by atoms with Gasteiger partial charge in [-0.2, -0.15) is 13.2 Å². The molecule has 1 aliphatic rings. The van der Waals surface area contributed by atoms with Gasteiger partial charge in [-0.15, -0.1) is 5.10 Å². The first-order chi connectivity index (χ1) is 11.8. The quantitative estimate of drug-likeness (QED) is 0.730. The van der Waals surface area contributed by atoms with Crippen LogP contribution in [-0.4, -0.2) is 35.5 Å². The summed E-state index contributed by atoms with van der Waals surface area (Å²) in [7, 11) is 0. The predicted octanol–water partition coefficient (Wildman–Crippen LogP) is 2.55. The second-order valence-corrected chi connectivity index (χ2v) is 5.96. The Labute approximate surface area is 139 Å². The lowest BCUT2D eigenvalue weighted by Gasteiger charge is -2.31. The van der Waals surface area contributed by atoms with E-state index in [4.69, 9.17) is 4.42 Å². The van der Waals surface area contributed by atoms with Crippen LogP contribution in [0.1, 0.15) is 18.4 Å². The maximum atomic E-state index is 14.6. The molecule has 3 rings (SSSR count). The average molecular weight is 360 g/mol. The molecule has 0 radical (unpaired) electrons. The third-order valence-electron chi connectivity index (χ3n) is 4.03. The Kier molecular flexibility index (Phi) is 4.55. The molecule has 0 amide bonds. The molecule has 1 fully saturated rings. The van der Waals surface area contributed by atoms with Crippen molar-refractivity contribution in [1.29, 1.82) is 0 Å². The number of hydrogen-bond acceptors (Lipinski definition) is 5. The van der Waals surface area contributed by atoms with E-state index in [-0.39, 0.29) is 36.7 Å². The molecule has 1 aromatic heterocycles. The maximum absolute atomic E-state index is 14.6. The summed E-state index contributed by atoms with van der Waals surface area (Å²) in [4.78, 5) is 11.0. The van der Waals surface area contributed by atoms with Gasteiger partial charge in [0.1, 0.15) is 5.67 Å². The second-order valence-electron chi connectivity index (χ2n) is 5.96. The molecule has 2 heterocycles. The number of benzene rings is 1. The largest absolute Gasteiger partial charge is 0.434 e. The van der Waals surface area contributed by atoms with E-state index < -0.39 is 23.2 Å². The normalized spacial score (nSPS) is 21.3. The smallest absolute Gasteiger partial charge is 0.388 e. The zero-order valence-electron chi connectivity index (χ0n) is 13.0. The number of anilines is 1. The molecule has 136 valence electrons. The molecule has 1 aromatic carbocycles. The van der Waals surface area contributed by atoms with Crippen LogP contribution in [0.3, 0.4) is 0 Å². The van der Waals surface area contributed by atoms with Crippen molar-refractivity contribution in [2.24, 2.45) is 0 Å². The lowest BCUT2D eigenvalue weighted by molar-refractivity contribution is -0.137. The predicted molar refractivity (Wildman–Crippen MR) is 82.0 cm³/mol. The van der Waals surface area contributed by atoms with E-state index >= 15 is 0 Å². The van der Waals surface area contributed by atoms with E-state index in [0.29, 0.717) is 13.0 Å². The molecule has 0 spiro atoms. The molecule has 1 unspecified atom stereocenters. The van der Waals surface area contributed by atoms with Crippen molar-refractivity contribution >= 4 is 5.69 Å². The zero-order valence-corrected chi connectivity index (χ0v) is 13.0. The maximum Gasteiger partial charge on any atom is 0.434 e. The molecule has 0 bridgehead atoms. The number of hydrogen-bond donors (Lipinski definition) is 3. The van der Waals surface area contributed by atoms with Gasteiger partial charge in [0.05, 0.1) is 12.1 Å². The van der Waals surface area contributed by atoms with Crippen molar-refractivity contribution in [3.05, 3.63) is 34.3 Å². The average Bonchev–Trinajstić information content (AvgIpc) is 2.99. The summed E-state index contributed by atoms with van der Waals surface area (Å²) in [6.45, 7) is 0.499. The first-order valence-electron chi connectivity index (χ1n) is 7.67. The summed E-state index contributed by atoms with van der Waals surface area (Å²) in [5.41, 5.74) is -2.68. The molecule has 6 nitrogen and oxygen atoms in total. The van der Waals surface area contributed by atoms with Crippen molar-refractivity contribution in [1.82, 2.24) is 15.5 Å². The Balaban J connectivity index is 1.89. The number of H-pyrrole nitrogens is 1. The number of alkyl halides is 4. The third-order valence-corrected chi connectivity index (χ3v) is 4.03. The number of nitrogens with zero attached hydrogens (tertiary/aromatic N) is 1. The van der Waals surface area contributed by atoms with E-state index in [2.05, 4.69) is 15.7 Å². The summed E-state index contributed by atoms with van der Waals surface area (Å²) in [5, 5.41) is 11.1. The number of nitrogens with one attached hydrogen (secondary N) is 3. The Hall–Kier alpha value is -2.36. The van der Waals surface area contributed by atoms with E-state index in [1.165, 1.54) is 0 Å². The molecular weight excluding hydrogens is 344 g/mol.